The van der Waals surface area contributed by atoms with E-state index in [9.17, 15) is 0 Å². The van der Waals surface area contributed by atoms with E-state index in [1.165, 1.54) is 29.7 Å². The van der Waals surface area contributed by atoms with E-state index in [0.717, 1.165) is 37.0 Å². The van der Waals surface area contributed by atoms with Gasteiger partial charge in [-0.25, -0.2) is 20.4 Å². The van der Waals surface area contributed by atoms with Crippen LogP contribution in [0.3, 0.4) is 0 Å². The number of guanidine groups is 1. The van der Waals surface area contributed by atoms with Gasteiger partial charge in [-0.05, 0) is 56.1 Å². The lowest BCUT2D eigenvalue weighted by Crippen LogP contribution is -2.45. The SMILES string of the molecule is CC1=NC2=NCNN2C(C2CCCN(Cc3cccc(-c4ccccn4)c3)C2)=C1. The molecule has 1 unspecified atom stereocenters. The van der Waals surface area contributed by atoms with Gasteiger partial charge in [0.2, 0.25) is 5.96 Å². The van der Waals surface area contributed by atoms with Gasteiger partial charge < -0.3 is 0 Å². The molecule has 1 fully saturated rings. The summed E-state index contributed by atoms with van der Waals surface area (Å²) >= 11 is 0. The number of aromatic nitrogens is 1. The molecule has 29 heavy (non-hydrogen) atoms. The highest BCUT2D eigenvalue weighted by Gasteiger charge is 2.32. The van der Waals surface area contributed by atoms with Crippen molar-refractivity contribution >= 4 is 11.7 Å². The fourth-order valence-corrected chi connectivity index (χ4v) is 4.44. The number of aliphatic imine (C=N–C) groups is 2. The molecular formula is C23H26N6. The van der Waals surface area contributed by atoms with Crippen LogP contribution in [0.2, 0.25) is 0 Å². The Bertz CT molecular complexity index is 978. The molecule has 1 N–H and O–H groups in total. The zero-order valence-electron chi connectivity index (χ0n) is 16.8. The maximum absolute atomic E-state index is 4.55. The minimum atomic E-state index is 0.490. The van der Waals surface area contributed by atoms with Crippen molar-refractivity contribution in [2.75, 3.05) is 19.8 Å². The highest BCUT2D eigenvalue weighted by atomic mass is 15.6. The van der Waals surface area contributed by atoms with Crippen LogP contribution < -0.4 is 5.43 Å². The van der Waals surface area contributed by atoms with Crippen LogP contribution in [0.25, 0.3) is 11.3 Å². The van der Waals surface area contributed by atoms with Gasteiger partial charge in [0, 0.05) is 42.2 Å². The molecule has 5 rings (SSSR count). The number of allylic oxidation sites excluding steroid dienone is 1. The van der Waals surface area contributed by atoms with E-state index in [-0.39, 0.29) is 0 Å². The second-order valence-electron chi connectivity index (χ2n) is 7.92. The van der Waals surface area contributed by atoms with Crippen molar-refractivity contribution in [3.63, 3.8) is 0 Å². The van der Waals surface area contributed by atoms with Crippen molar-refractivity contribution < 1.29 is 0 Å². The fourth-order valence-electron chi connectivity index (χ4n) is 4.44. The van der Waals surface area contributed by atoms with Crippen molar-refractivity contribution in [2.24, 2.45) is 15.9 Å². The molecule has 3 aliphatic heterocycles. The van der Waals surface area contributed by atoms with Gasteiger partial charge in [0.05, 0.1) is 5.69 Å². The Morgan fingerprint density at radius 1 is 1.17 bits per heavy atom. The Labute approximate surface area is 171 Å². The number of piperidine rings is 1. The molecule has 0 aliphatic carbocycles. The van der Waals surface area contributed by atoms with Gasteiger partial charge in [-0.2, -0.15) is 0 Å². The largest absolute Gasteiger partial charge is 0.298 e. The van der Waals surface area contributed by atoms with E-state index in [2.05, 4.69) is 73.6 Å². The quantitative estimate of drug-likeness (QED) is 0.874. The molecule has 6 nitrogen and oxygen atoms in total. The third-order valence-electron chi connectivity index (χ3n) is 5.76. The molecule has 4 heterocycles. The van der Waals surface area contributed by atoms with Crippen LogP contribution in [0.1, 0.15) is 25.3 Å². The molecule has 0 amide bonds. The zero-order chi connectivity index (χ0) is 19.6. The average molecular weight is 387 g/mol. The number of rotatable bonds is 4. The van der Waals surface area contributed by atoms with Crippen molar-refractivity contribution in [2.45, 2.75) is 26.3 Å². The number of benzene rings is 1. The van der Waals surface area contributed by atoms with Gasteiger partial charge >= 0.3 is 0 Å². The minimum absolute atomic E-state index is 0.490. The Kier molecular flexibility index (Phi) is 4.96. The lowest BCUT2D eigenvalue weighted by molar-refractivity contribution is 0.166. The second-order valence-corrected chi connectivity index (χ2v) is 7.92. The van der Waals surface area contributed by atoms with Crippen LogP contribution in [0, 0.1) is 5.92 Å². The number of fused-ring (bicyclic) bond motifs is 1. The molecule has 1 aromatic heterocycles. The summed E-state index contributed by atoms with van der Waals surface area (Å²) in [6.07, 6.45) is 6.48. The first-order valence-corrected chi connectivity index (χ1v) is 10.3. The van der Waals surface area contributed by atoms with Crippen LogP contribution in [-0.4, -0.2) is 46.3 Å². The molecule has 0 bridgehead atoms. The maximum Gasteiger partial charge on any atom is 0.241 e. The van der Waals surface area contributed by atoms with E-state index in [1.54, 1.807) is 0 Å². The minimum Gasteiger partial charge on any atom is -0.298 e. The van der Waals surface area contributed by atoms with E-state index < -0.39 is 0 Å². The molecule has 6 heteroatoms. The molecule has 1 atom stereocenters. The van der Waals surface area contributed by atoms with Gasteiger partial charge in [-0.3, -0.25) is 9.88 Å². The van der Waals surface area contributed by atoms with Crippen LogP contribution in [0.15, 0.2) is 70.4 Å². The first-order valence-electron chi connectivity index (χ1n) is 10.3. The lowest BCUT2D eigenvalue weighted by Gasteiger charge is -2.37. The highest BCUT2D eigenvalue weighted by Crippen LogP contribution is 2.30. The predicted octanol–water partition coefficient (Wildman–Crippen LogP) is 3.45. The molecule has 1 saturated heterocycles. The Hall–Kier alpha value is -2.83. The van der Waals surface area contributed by atoms with E-state index in [0.29, 0.717) is 12.6 Å². The fraction of sp³-hybridized carbons (Fsp3) is 0.348. The third kappa shape index (κ3) is 3.86. The monoisotopic (exact) mass is 386 g/mol. The second kappa shape index (κ2) is 7.89. The summed E-state index contributed by atoms with van der Waals surface area (Å²) in [5.41, 5.74) is 9.24. The van der Waals surface area contributed by atoms with Crippen LogP contribution >= 0.6 is 0 Å². The van der Waals surface area contributed by atoms with Crippen LogP contribution in [-0.2, 0) is 6.54 Å². The van der Waals surface area contributed by atoms with E-state index >= 15 is 0 Å². The number of hydrogen-bond acceptors (Lipinski definition) is 6. The van der Waals surface area contributed by atoms with Crippen molar-refractivity contribution in [3.05, 3.63) is 66.0 Å². The zero-order valence-corrected chi connectivity index (χ0v) is 16.8. The summed E-state index contributed by atoms with van der Waals surface area (Å²) in [4.78, 5) is 16.1. The van der Waals surface area contributed by atoms with Crippen LogP contribution in [0.5, 0.6) is 0 Å². The molecule has 0 radical (unpaired) electrons. The van der Waals surface area contributed by atoms with Crippen molar-refractivity contribution in [3.8, 4) is 11.3 Å². The van der Waals surface area contributed by atoms with E-state index in [4.69, 9.17) is 0 Å². The molecular weight excluding hydrogens is 360 g/mol. The molecule has 0 spiro atoms. The normalized spacial score (nSPS) is 22.0. The van der Waals surface area contributed by atoms with Gasteiger partial charge in [0.25, 0.3) is 0 Å². The summed E-state index contributed by atoms with van der Waals surface area (Å²) in [5, 5.41) is 2.09. The summed E-state index contributed by atoms with van der Waals surface area (Å²) in [5.74, 6) is 1.30. The summed E-state index contributed by atoms with van der Waals surface area (Å²) in [6, 6.07) is 14.8. The highest BCUT2D eigenvalue weighted by molar-refractivity contribution is 6.05. The lowest BCUT2D eigenvalue weighted by atomic mass is 9.92. The van der Waals surface area contributed by atoms with Gasteiger partial charge in [0.1, 0.15) is 6.67 Å². The van der Waals surface area contributed by atoms with Gasteiger partial charge in [-0.15, -0.1) is 0 Å². The van der Waals surface area contributed by atoms with Crippen molar-refractivity contribution in [1.82, 2.24) is 20.3 Å². The topological polar surface area (TPSA) is 56.1 Å². The van der Waals surface area contributed by atoms with Gasteiger partial charge in [0.15, 0.2) is 0 Å². The predicted molar refractivity (Wildman–Crippen MR) is 116 cm³/mol. The third-order valence-corrected chi connectivity index (χ3v) is 5.76. The van der Waals surface area contributed by atoms with Crippen molar-refractivity contribution in [1.29, 1.82) is 0 Å². The van der Waals surface area contributed by atoms with E-state index in [1.807, 2.05) is 18.3 Å². The smallest absolute Gasteiger partial charge is 0.241 e. The summed E-state index contributed by atoms with van der Waals surface area (Å²) < 4.78 is 0. The Morgan fingerprint density at radius 3 is 3.03 bits per heavy atom. The number of nitrogens with one attached hydrogen (secondary N) is 1. The molecule has 0 saturated carbocycles. The summed E-state index contributed by atoms with van der Waals surface area (Å²) in [6.45, 7) is 5.82. The van der Waals surface area contributed by atoms with Gasteiger partial charge in [-0.1, -0.05) is 24.3 Å². The standard InChI is InChI=1S/C23H26N6/c1-17-12-22(29-23(27-17)25-16-26-29)20-8-5-11-28(15-20)14-18-6-4-7-19(13-18)21-9-2-3-10-24-21/h2-4,6-7,9-10,12-13,20,26H,5,8,11,14-16H2,1H3. The number of nitrogens with zero attached hydrogens (tertiary/aromatic N) is 5. The number of likely N-dealkylation sites (tertiary alicyclic amines) is 1. The van der Waals surface area contributed by atoms with Crippen LogP contribution in [0.4, 0.5) is 0 Å². The Balaban J connectivity index is 1.31. The first-order chi connectivity index (χ1) is 14.3. The number of hydrazine groups is 1. The summed E-state index contributed by atoms with van der Waals surface area (Å²) in [7, 11) is 0. The molecule has 148 valence electrons. The molecule has 2 aromatic rings. The first kappa shape index (κ1) is 18.2. The molecule has 1 aromatic carbocycles. The number of hydrogen-bond donors (Lipinski definition) is 1. The molecule has 3 aliphatic rings. The number of pyridine rings is 1. The average Bonchev–Trinajstić information content (AvgIpc) is 3.22. The maximum atomic E-state index is 4.55. The Morgan fingerprint density at radius 2 is 2.14 bits per heavy atom.